The first-order valence-electron chi connectivity index (χ1n) is 11.2. The van der Waals surface area contributed by atoms with Crippen molar-refractivity contribution < 1.29 is 9.47 Å². The normalized spacial score (nSPS) is 14.9. The summed E-state index contributed by atoms with van der Waals surface area (Å²) < 4.78 is 14.7. The maximum absolute atomic E-state index is 13.3. The van der Waals surface area contributed by atoms with Gasteiger partial charge >= 0.3 is 11.7 Å². The molecule has 0 radical (unpaired) electrons. The van der Waals surface area contributed by atoms with Crippen LogP contribution in [0.3, 0.4) is 0 Å². The summed E-state index contributed by atoms with van der Waals surface area (Å²) in [6.07, 6.45) is 4.58. The van der Waals surface area contributed by atoms with Gasteiger partial charge in [0.1, 0.15) is 5.52 Å². The molecule has 3 heterocycles. The molecule has 0 spiro atoms. The van der Waals surface area contributed by atoms with E-state index in [4.69, 9.17) is 9.47 Å². The van der Waals surface area contributed by atoms with E-state index in [9.17, 15) is 4.79 Å². The van der Waals surface area contributed by atoms with Crippen LogP contribution >= 0.6 is 0 Å². The number of imidazole rings is 1. The van der Waals surface area contributed by atoms with Crippen LogP contribution in [0.25, 0.3) is 11.2 Å². The van der Waals surface area contributed by atoms with Crippen molar-refractivity contribution in [3.05, 3.63) is 52.6 Å². The predicted molar refractivity (Wildman–Crippen MR) is 120 cm³/mol. The standard InChI is InChI=1S/C23H31N5O3/c1-2-3-14-31-22-24-17-20-21(25-22)27(11-7-10-26-12-15-30-16-13-26)23(29)28(20)18-19-8-5-4-6-9-19/h4-6,8-9,17H,2-3,7,10-16,18H2,1H3. The van der Waals surface area contributed by atoms with E-state index in [1.165, 1.54) is 0 Å². The minimum atomic E-state index is -0.0548. The highest BCUT2D eigenvalue weighted by Gasteiger charge is 2.17. The van der Waals surface area contributed by atoms with E-state index in [2.05, 4.69) is 21.8 Å². The number of fused-ring (bicyclic) bond motifs is 1. The molecular weight excluding hydrogens is 394 g/mol. The van der Waals surface area contributed by atoms with Gasteiger partial charge in [0.2, 0.25) is 0 Å². The zero-order valence-corrected chi connectivity index (χ0v) is 18.2. The maximum atomic E-state index is 13.3. The molecule has 0 saturated carbocycles. The number of ether oxygens (including phenoxy) is 2. The third kappa shape index (κ3) is 5.32. The third-order valence-electron chi connectivity index (χ3n) is 5.61. The molecule has 0 amide bonds. The average molecular weight is 426 g/mol. The molecule has 1 aliphatic heterocycles. The van der Waals surface area contributed by atoms with Crippen molar-refractivity contribution in [1.29, 1.82) is 0 Å². The van der Waals surface area contributed by atoms with Crippen molar-refractivity contribution >= 4 is 11.2 Å². The fourth-order valence-corrected chi connectivity index (χ4v) is 3.85. The van der Waals surface area contributed by atoms with Gasteiger partial charge in [-0.1, -0.05) is 43.7 Å². The molecule has 8 heteroatoms. The lowest BCUT2D eigenvalue weighted by molar-refractivity contribution is 0.0369. The van der Waals surface area contributed by atoms with Gasteiger partial charge < -0.3 is 9.47 Å². The van der Waals surface area contributed by atoms with Crippen LogP contribution < -0.4 is 10.4 Å². The lowest BCUT2D eigenvalue weighted by atomic mass is 10.2. The van der Waals surface area contributed by atoms with Gasteiger partial charge in [0.05, 0.1) is 32.6 Å². The van der Waals surface area contributed by atoms with Gasteiger partial charge in [-0.05, 0) is 18.4 Å². The van der Waals surface area contributed by atoms with Gasteiger partial charge in [-0.2, -0.15) is 4.98 Å². The Morgan fingerprint density at radius 2 is 1.87 bits per heavy atom. The summed E-state index contributed by atoms with van der Waals surface area (Å²) in [5, 5.41) is 0. The van der Waals surface area contributed by atoms with Gasteiger partial charge in [0.25, 0.3) is 0 Å². The summed E-state index contributed by atoms with van der Waals surface area (Å²) in [6.45, 7) is 8.18. The molecule has 1 aromatic carbocycles. The van der Waals surface area contributed by atoms with E-state index in [0.717, 1.165) is 63.2 Å². The number of hydrogen-bond acceptors (Lipinski definition) is 6. The van der Waals surface area contributed by atoms with Crippen LogP contribution in [0.5, 0.6) is 6.01 Å². The summed E-state index contributed by atoms with van der Waals surface area (Å²) in [7, 11) is 0. The van der Waals surface area contributed by atoms with Crippen LogP contribution in [-0.2, 0) is 17.8 Å². The summed E-state index contributed by atoms with van der Waals surface area (Å²) in [5.74, 6) is 0. The van der Waals surface area contributed by atoms with Crippen molar-refractivity contribution in [3.8, 4) is 6.01 Å². The van der Waals surface area contributed by atoms with Gasteiger partial charge in [-0.15, -0.1) is 0 Å². The molecule has 0 unspecified atom stereocenters. The zero-order chi connectivity index (χ0) is 21.5. The fraction of sp³-hybridized carbons (Fsp3) is 0.522. The number of aryl methyl sites for hydroxylation is 1. The van der Waals surface area contributed by atoms with Crippen molar-refractivity contribution in [2.45, 2.75) is 39.3 Å². The Labute approximate surface area is 182 Å². The van der Waals surface area contributed by atoms with Crippen molar-refractivity contribution in [2.24, 2.45) is 0 Å². The Kier molecular flexibility index (Phi) is 7.32. The second kappa shape index (κ2) is 10.5. The molecule has 31 heavy (non-hydrogen) atoms. The van der Waals surface area contributed by atoms with E-state index < -0.39 is 0 Å². The smallest absolute Gasteiger partial charge is 0.330 e. The summed E-state index contributed by atoms with van der Waals surface area (Å²) >= 11 is 0. The molecule has 1 fully saturated rings. The Morgan fingerprint density at radius 1 is 1.06 bits per heavy atom. The van der Waals surface area contributed by atoms with Crippen LogP contribution in [0.4, 0.5) is 0 Å². The number of benzene rings is 1. The molecule has 0 N–H and O–H groups in total. The van der Waals surface area contributed by atoms with Gasteiger partial charge in [0, 0.05) is 26.2 Å². The van der Waals surface area contributed by atoms with Crippen LogP contribution in [-0.4, -0.2) is 63.5 Å². The lowest BCUT2D eigenvalue weighted by Crippen LogP contribution is -2.37. The van der Waals surface area contributed by atoms with Gasteiger partial charge in [-0.25, -0.2) is 9.78 Å². The molecule has 1 aliphatic rings. The van der Waals surface area contributed by atoms with Gasteiger partial charge in [-0.3, -0.25) is 14.0 Å². The number of rotatable bonds is 10. The largest absolute Gasteiger partial charge is 0.463 e. The number of unbranched alkanes of at least 4 members (excludes halogenated alkanes) is 1. The first-order valence-corrected chi connectivity index (χ1v) is 11.2. The van der Waals surface area contributed by atoms with Crippen LogP contribution in [0.15, 0.2) is 41.3 Å². The molecular formula is C23H31N5O3. The second-order valence-corrected chi connectivity index (χ2v) is 7.88. The number of nitrogens with zero attached hydrogens (tertiary/aromatic N) is 5. The Bertz CT molecular complexity index is 1020. The summed E-state index contributed by atoms with van der Waals surface area (Å²) in [4.78, 5) is 24.7. The Morgan fingerprint density at radius 3 is 2.65 bits per heavy atom. The molecule has 0 atom stereocenters. The summed E-state index contributed by atoms with van der Waals surface area (Å²) in [5.41, 5.74) is 2.40. The van der Waals surface area contributed by atoms with E-state index in [1.807, 2.05) is 30.3 Å². The number of hydrogen-bond donors (Lipinski definition) is 0. The molecule has 0 bridgehead atoms. The van der Waals surface area contributed by atoms with E-state index in [1.54, 1.807) is 15.3 Å². The minimum absolute atomic E-state index is 0.0548. The lowest BCUT2D eigenvalue weighted by Gasteiger charge is -2.26. The Balaban J connectivity index is 1.59. The topological polar surface area (TPSA) is 74.4 Å². The summed E-state index contributed by atoms with van der Waals surface area (Å²) in [6, 6.07) is 10.3. The SMILES string of the molecule is CCCCOc1ncc2c(n1)n(CCCN1CCOCC1)c(=O)n2Cc1ccccc1. The number of aromatic nitrogens is 4. The third-order valence-corrected chi connectivity index (χ3v) is 5.61. The highest BCUT2D eigenvalue weighted by Crippen LogP contribution is 2.16. The second-order valence-electron chi connectivity index (χ2n) is 7.88. The molecule has 3 aromatic rings. The molecule has 2 aromatic heterocycles. The minimum Gasteiger partial charge on any atom is -0.463 e. The van der Waals surface area contributed by atoms with Gasteiger partial charge in [0.15, 0.2) is 5.65 Å². The zero-order valence-electron chi connectivity index (χ0n) is 18.2. The van der Waals surface area contributed by atoms with Crippen molar-refractivity contribution in [3.63, 3.8) is 0 Å². The van der Waals surface area contributed by atoms with E-state index >= 15 is 0 Å². The van der Waals surface area contributed by atoms with E-state index in [-0.39, 0.29) is 5.69 Å². The highest BCUT2D eigenvalue weighted by atomic mass is 16.5. The molecule has 0 aliphatic carbocycles. The first-order chi connectivity index (χ1) is 15.3. The Hall–Kier alpha value is -2.71. The quantitative estimate of drug-likeness (QED) is 0.465. The molecule has 1 saturated heterocycles. The first kappa shape index (κ1) is 21.5. The molecule has 166 valence electrons. The van der Waals surface area contributed by atoms with Crippen molar-refractivity contribution in [2.75, 3.05) is 39.5 Å². The fourth-order valence-electron chi connectivity index (χ4n) is 3.85. The van der Waals surface area contributed by atoms with Crippen molar-refractivity contribution in [1.82, 2.24) is 24.0 Å². The van der Waals surface area contributed by atoms with E-state index in [0.29, 0.717) is 31.4 Å². The monoisotopic (exact) mass is 425 g/mol. The average Bonchev–Trinajstić information content (AvgIpc) is 3.06. The predicted octanol–water partition coefficient (Wildman–Crippen LogP) is 2.54. The van der Waals surface area contributed by atoms with Crippen LogP contribution in [0, 0.1) is 0 Å². The molecule has 8 nitrogen and oxygen atoms in total. The number of morpholine rings is 1. The molecule has 4 rings (SSSR count). The van der Waals surface area contributed by atoms with Crippen LogP contribution in [0.2, 0.25) is 0 Å². The highest BCUT2D eigenvalue weighted by molar-refractivity contribution is 5.71. The maximum Gasteiger partial charge on any atom is 0.330 e. The van der Waals surface area contributed by atoms with Crippen LogP contribution in [0.1, 0.15) is 31.7 Å².